The van der Waals surface area contributed by atoms with Crippen molar-refractivity contribution in [3.63, 3.8) is 0 Å². The second-order valence-corrected chi connectivity index (χ2v) is 7.39. The van der Waals surface area contributed by atoms with Crippen LogP contribution in [0.1, 0.15) is 68.2 Å². The van der Waals surface area contributed by atoms with Gasteiger partial charge in [0.15, 0.2) is 0 Å². The van der Waals surface area contributed by atoms with Crippen LogP contribution in [0, 0.1) is 16.7 Å². The highest BCUT2D eigenvalue weighted by molar-refractivity contribution is 4.85. The van der Waals surface area contributed by atoms with E-state index in [2.05, 4.69) is 41.5 Å². The van der Waals surface area contributed by atoms with Crippen LogP contribution in [0.15, 0.2) is 0 Å². The molecule has 15 heavy (non-hydrogen) atoms. The molecule has 0 aromatic carbocycles. The number of rotatable bonds is 4. The normalized spacial score (nSPS) is 16.6. The molecule has 0 aliphatic carbocycles. The molecule has 0 heterocycles. The first-order chi connectivity index (χ1) is 6.36. The van der Waals surface area contributed by atoms with Crippen molar-refractivity contribution >= 4 is 0 Å². The van der Waals surface area contributed by atoms with E-state index in [1.807, 2.05) is 13.8 Å². The van der Waals surface area contributed by atoms with Crippen LogP contribution in [-0.4, -0.2) is 10.7 Å². The van der Waals surface area contributed by atoms with Gasteiger partial charge in [-0.2, -0.15) is 0 Å². The Morgan fingerprint density at radius 3 is 1.53 bits per heavy atom. The predicted octanol–water partition coefficient (Wildman–Crippen LogP) is 4.25. The van der Waals surface area contributed by atoms with E-state index in [1.165, 1.54) is 0 Å². The summed E-state index contributed by atoms with van der Waals surface area (Å²) < 4.78 is 0. The maximum absolute atomic E-state index is 9.77. The lowest BCUT2D eigenvalue weighted by molar-refractivity contribution is 0.0301. The molecule has 1 nitrogen and oxygen atoms in total. The summed E-state index contributed by atoms with van der Waals surface area (Å²) in [6, 6.07) is 0. The van der Waals surface area contributed by atoms with Crippen molar-refractivity contribution in [1.82, 2.24) is 0 Å². The predicted molar refractivity (Wildman–Crippen MR) is 67.9 cm³/mol. The summed E-state index contributed by atoms with van der Waals surface area (Å²) in [4.78, 5) is 0. The summed E-state index contributed by atoms with van der Waals surface area (Å²) in [6.07, 6.45) is 1.95. The minimum absolute atomic E-state index is 0.290. The van der Waals surface area contributed by atoms with Gasteiger partial charge in [0.2, 0.25) is 0 Å². The molecule has 0 radical (unpaired) electrons. The van der Waals surface area contributed by atoms with Crippen molar-refractivity contribution < 1.29 is 5.11 Å². The van der Waals surface area contributed by atoms with Gasteiger partial charge in [-0.15, -0.1) is 0 Å². The summed E-state index contributed by atoms with van der Waals surface area (Å²) >= 11 is 0. The first kappa shape index (κ1) is 15.0. The van der Waals surface area contributed by atoms with E-state index in [0.717, 1.165) is 12.8 Å². The Balaban J connectivity index is 4.43. The molecular formula is C14H30O. The molecular weight excluding hydrogens is 184 g/mol. The molecule has 0 rings (SSSR count). The highest BCUT2D eigenvalue weighted by Crippen LogP contribution is 2.43. The minimum atomic E-state index is -0.533. The highest BCUT2D eigenvalue weighted by atomic mass is 16.3. The first-order valence-corrected chi connectivity index (χ1v) is 6.09. The Morgan fingerprint density at radius 1 is 0.867 bits per heavy atom. The van der Waals surface area contributed by atoms with E-state index in [4.69, 9.17) is 0 Å². The molecule has 0 aliphatic heterocycles. The third kappa shape index (κ3) is 5.55. The van der Waals surface area contributed by atoms with Crippen molar-refractivity contribution in [2.45, 2.75) is 73.8 Å². The van der Waals surface area contributed by atoms with Crippen LogP contribution in [0.5, 0.6) is 0 Å². The summed E-state index contributed by atoms with van der Waals surface area (Å²) in [5.41, 5.74) is 0.0935. The van der Waals surface area contributed by atoms with Gasteiger partial charge >= 0.3 is 0 Å². The quantitative estimate of drug-likeness (QED) is 0.742. The fourth-order valence-corrected chi connectivity index (χ4v) is 2.02. The SMILES string of the molecule is C[C@@H](C(C)(C)C)C(C)(C)CCC(C)(C)O. The van der Waals surface area contributed by atoms with E-state index < -0.39 is 5.60 Å². The van der Waals surface area contributed by atoms with Gasteiger partial charge < -0.3 is 5.11 Å². The van der Waals surface area contributed by atoms with Crippen LogP contribution in [0.2, 0.25) is 0 Å². The molecule has 0 fully saturated rings. The van der Waals surface area contributed by atoms with E-state index >= 15 is 0 Å². The molecule has 1 N–H and O–H groups in total. The largest absolute Gasteiger partial charge is 0.390 e. The Kier molecular flexibility index (Phi) is 4.44. The van der Waals surface area contributed by atoms with E-state index in [1.54, 1.807) is 0 Å². The monoisotopic (exact) mass is 214 g/mol. The average molecular weight is 214 g/mol. The van der Waals surface area contributed by atoms with Crippen molar-refractivity contribution in [2.24, 2.45) is 16.7 Å². The number of aliphatic hydroxyl groups is 1. The first-order valence-electron chi connectivity index (χ1n) is 6.09. The van der Waals surface area contributed by atoms with Crippen molar-refractivity contribution in [3.05, 3.63) is 0 Å². The Labute approximate surface area is 96.3 Å². The molecule has 1 atom stereocenters. The van der Waals surface area contributed by atoms with Crippen molar-refractivity contribution in [2.75, 3.05) is 0 Å². The van der Waals surface area contributed by atoms with Crippen LogP contribution < -0.4 is 0 Å². The number of hydrogen-bond donors (Lipinski definition) is 1. The molecule has 0 saturated heterocycles. The van der Waals surface area contributed by atoms with Gasteiger partial charge in [-0.05, 0) is 43.4 Å². The van der Waals surface area contributed by atoms with E-state index in [0.29, 0.717) is 11.3 Å². The molecule has 92 valence electrons. The maximum Gasteiger partial charge on any atom is 0.0592 e. The average Bonchev–Trinajstić information content (AvgIpc) is 1.97. The second kappa shape index (κ2) is 4.45. The van der Waals surface area contributed by atoms with Gasteiger partial charge in [0.25, 0.3) is 0 Å². The zero-order valence-corrected chi connectivity index (χ0v) is 11.9. The Hall–Kier alpha value is -0.0400. The Morgan fingerprint density at radius 2 is 1.27 bits per heavy atom. The van der Waals surface area contributed by atoms with E-state index in [-0.39, 0.29) is 5.41 Å². The van der Waals surface area contributed by atoms with Gasteiger partial charge in [0.1, 0.15) is 0 Å². The van der Waals surface area contributed by atoms with Crippen molar-refractivity contribution in [3.8, 4) is 0 Å². The third-order valence-corrected chi connectivity index (χ3v) is 3.85. The molecule has 0 aliphatic rings. The van der Waals surface area contributed by atoms with Crippen LogP contribution in [0.25, 0.3) is 0 Å². The molecule has 0 amide bonds. The third-order valence-electron chi connectivity index (χ3n) is 3.85. The Bertz CT molecular complexity index is 190. The fraction of sp³-hybridized carbons (Fsp3) is 1.00. The summed E-state index contributed by atoms with van der Waals surface area (Å²) in [7, 11) is 0. The summed E-state index contributed by atoms with van der Waals surface area (Å²) in [5, 5.41) is 9.77. The highest BCUT2D eigenvalue weighted by Gasteiger charge is 2.35. The van der Waals surface area contributed by atoms with Crippen LogP contribution >= 0.6 is 0 Å². The molecule has 0 bridgehead atoms. The topological polar surface area (TPSA) is 20.2 Å². The fourth-order valence-electron chi connectivity index (χ4n) is 2.02. The summed E-state index contributed by atoms with van der Waals surface area (Å²) in [6.45, 7) is 17.6. The standard InChI is InChI=1S/C14H30O/c1-11(12(2,3)4)13(5,6)9-10-14(7,8)15/h11,15H,9-10H2,1-8H3/t11-/m0/s1. The van der Waals surface area contributed by atoms with Crippen LogP contribution in [0.4, 0.5) is 0 Å². The number of hydrogen-bond acceptors (Lipinski definition) is 1. The van der Waals surface area contributed by atoms with Gasteiger partial charge in [0, 0.05) is 0 Å². The van der Waals surface area contributed by atoms with Gasteiger partial charge in [-0.1, -0.05) is 41.5 Å². The molecule has 1 heteroatoms. The molecule has 0 saturated carbocycles. The lowest BCUT2D eigenvalue weighted by Gasteiger charge is -2.41. The summed E-state index contributed by atoms with van der Waals surface area (Å²) in [5.74, 6) is 0.646. The van der Waals surface area contributed by atoms with Gasteiger partial charge in [-0.3, -0.25) is 0 Å². The van der Waals surface area contributed by atoms with Crippen LogP contribution in [0.3, 0.4) is 0 Å². The minimum Gasteiger partial charge on any atom is -0.390 e. The smallest absolute Gasteiger partial charge is 0.0592 e. The molecule has 0 aromatic rings. The lowest BCUT2D eigenvalue weighted by Crippen LogP contribution is -2.34. The lowest BCUT2D eigenvalue weighted by atomic mass is 9.64. The second-order valence-electron chi connectivity index (χ2n) is 7.39. The zero-order chi connectivity index (χ0) is 12.5. The molecule has 0 aromatic heterocycles. The zero-order valence-electron chi connectivity index (χ0n) is 11.9. The van der Waals surface area contributed by atoms with Gasteiger partial charge in [-0.25, -0.2) is 0 Å². The van der Waals surface area contributed by atoms with E-state index in [9.17, 15) is 5.11 Å². The molecule has 0 unspecified atom stereocenters. The van der Waals surface area contributed by atoms with Gasteiger partial charge in [0.05, 0.1) is 5.60 Å². The van der Waals surface area contributed by atoms with Crippen molar-refractivity contribution in [1.29, 1.82) is 0 Å². The maximum atomic E-state index is 9.77. The van der Waals surface area contributed by atoms with Crippen LogP contribution in [-0.2, 0) is 0 Å². The molecule has 0 spiro atoms.